The summed E-state index contributed by atoms with van der Waals surface area (Å²) in [7, 11) is 0. The molecule has 0 bridgehead atoms. The topological polar surface area (TPSA) is 35.2 Å². The number of anilines is 1. The van der Waals surface area contributed by atoms with Crippen LogP contribution in [0.2, 0.25) is 10.0 Å². The molecule has 0 spiro atoms. The van der Waals surface area contributed by atoms with Gasteiger partial charge in [0.25, 0.3) is 0 Å². The first-order valence-electron chi connectivity index (χ1n) is 5.18. The van der Waals surface area contributed by atoms with Crippen LogP contribution in [0.1, 0.15) is 5.56 Å². The highest BCUT2D eigenvalue weighted by Crippen LogP contribution is 2.28. The van der Waals surface area contributed by atoms with Crippen LogP contribution in [-0.4, -0.2) is 0 Å². The maximum Gasteiger partial charge on any atom is 0.142 e. The zero-order chi connectivity index (χ0) is 13.1. The van der Waals surface area contributed by atoms with Crippen LogP contribution in [0.3, 0.4) is 0 Å². The molecule has 0 aliphatic rings. The third-order valence-electron chi connectivity index (χ3n) is 2.37. The maximum absolute atomic E-state index is 13.2. The second kappa shape index (κ2) is 5.46. The first-order valence-corrected chi connectivity index (χ1v) is 5.94. The molecule has 94 valence electrons. The van der Waals surface area contributed by atoms with Gasteiger partial charge in [0.1, 0.15) is 18.2 Å². The summed E-state index contributed by atoms with van der Waals surface area (Å²) in [5.41, 5.74) is 6.72. The van der Waals surface area contributed by atoms with E-state index in [9.17, 15) is 4.39 Å². The van der Waals surface area contributed by atoms with Crippen LogP contribution in [0.15, 0.2) is 36.4 Å². The van der Waals surface area contributed by atoms with Gasteiger partial charge < -0.3 is 10.5 Å². The summed E-state index contributed by atoms with van der Waals surface area (Å²) in [5.74, 6) is -0.0339. The smallest absolute Gasteiger partial charge is 0.142 e. The Hall–Kier alpha value is -1.45. The van der Waals surface area contributed by atoms with Crippen LogP contribution in [0.5, 0.6) is 5.75 Å². The van der Waals surface area contributed by atoms with Crippen molar-refractivity contribution in [3.05, 3.63) is 57.8 Å². The van der Waals surface area contributed by atoms with Crippen LogP contribution < -0.4 is 10.5 Å². The number of nitrogens with two attached hydrogens (primary N) is 1. The molecule has 5 heteroatoms. The highest BCUT2D eigenvalue weighted by Gasteiger charge is 2.08. The van der Waals surface area contributed by atoms with E-state index in [0.29, 0.717) is 22.0 Å². The average molecular weight is 286 g/mol. The molecule has 0 atom stereocenters. The SMILES string of the molecule is Nc1ccc(Cl)c(OCc2cccc(F)c2Cl)c1. The summed E-state index contributed by atoms with van der Waals surface area (Å²) in [5, 5.41) is 0.495. The summed E-state index contributed by atoms with van der Waals surface area (Å²) in [6.07, 6.45) is 0. The fourth-order valence-electron chi connectivity index (χ4n) is 1.45. The summed E-state index contributed by atoms with van der Waals surface area (Å²) in [6.45, 7) is 0.125. The molecule has 0 fully saturated rings. The molecule has 2 N–H and O–H groups in total. The lowest BCUT2D eigenvalue weighted by atomic mass is 10.2. The van der Waals surface area contributed by atoms with Crippen LogP contribution >= 0.6 is 23.2 Å². The van der Waals surface area contributed by atoms with E-state index in [1.807, 2.05) is 0 Å². The van der Waals surface area contributed by atoms with E-state index >= 15 is 0 Å². The summed E-state index contributed by atoms with van der Waals surface area (Å²) in [6, 6.07) is 9.46. The van der Waals surface area contributed by atoms with Crippen LogP contribution in [0.25, 0.3) is 0 Å². The Kier molecular flexibility index (Phi) is 3.94. The Labute approximate surface area is 114 Å². The quantitative estimate of drug-likeness (QED) is 0.854. The van der Waals surface area contributed by atoms with Gasteiger partial charge in [0.05, 0.1) is 10.0 Å². The van der Waals surface area contributed by atoms with Gasteiger partial charge in [0.2, 0.25) is 0 Å². The predicted octanol–water partition coefficient (Wildman–Crippen LogP) is 4.29. The van der Waals surface area contributed by atoms with Crippen molar-refractivity contribution in [2.24, 2.45) is 0 Å². The lowest BCUT2D eigenvalue weighted by molar-refractivity contribution is 0.306. The fraction of sp³-hybridized carbons (Fsp3) is 0.0769. The molecule has 0 saturated heterocycles. The minimum atomic E-state index is -0.476. The molecule has 0 heterocycles. The molecule has 0 radical (unpaired) electrons. The van der Waals surface area contributed by atoms with Crippen molar-refractivity contribution >= 4 is 28.9 Å². The van der Waals surface area contributed by atoms with E-state index in [1.165, 1.54) is 6.07 Å². The van der Waals surface area contributed by atoms with Crippen molar-refractivity contribution in [3.63, 3.8) is 0 Å². The molecular formula is C13H10Cl2FNO. The second-order valence-corrected chi connectivity index (χ2v) is 4.48. The third-order valence-corrected chi connectivity index (χ3v) is 3.11. The van der Waals surface area contributed by atoms with Gasteiger partial charge in [-0.1, -0.05) is 35.3 Å². The standard InChI is InChI=1S/C13H10Cl2FNO/c14-10-5-4-9(17)6-12(10)18-7-8-2-1-3-11(16)13(8)15/h1-6H,7,17H2. The average Bonchev–Trinajstić information content (AvgIpc) is 2.35. The minimum Gasteiger partial charge on any atom is -0.487 e. The van der Waals surface area contributed by atoms with Gasteiger partial charge >= 0.3 is 0 Å². The molecule has 0 saturated carbocycles. The lowest BCUT2D eigenvalue weighted by Gasteiger charge is -2.10. The van der Waals surface area contributed by atoms with Gasteiger partial charge in [-0.3, -0.25) is 0 Å². The van der Waals surface area contributed by atoms with Gasteiger partial charge in [0.15, 0.2) is 0 Å². The van der Waals surface area contributed by atoms with E-state index in [0.717, 1.165) is 0 Å². The number of hydrogen-bond acceptors (Lipinski definition) is 2. The molecule has 0 unspecified atom stereocenters. The summed E-state index contributed by atoms with van der Waals surface area (Å²) >= 11 is 11.8. The highest BCUT2D eigenvalue weighted by molar-refractivity contribution is 6.32. The summed E-state index contributed by atoms with van der Waals surface area (Å²) < 4.78 is 18.7. The third kappa shape index (κ3) is 2.86. The molecule has 18 heavy (non-hydrogen) atoms. The minimum absolute atomic E-state index is 0.0533. The van der Waals surface area contributed by atoms with Crippen molar-refractivity contribution in [1.82, 2.24) is 0 Å². The monoisotopic (exact) mass is 285 g/mol. The van der Waals surface area contributed by atoms with Crippen LogP contribution in [-0.2, 0) is 6.61 Å². The largest absolute Gasteiger partial charge is 0.487 e. The Balaban J connectivity index is 2.16. The number of hydrogen-bond donors (Lipinski definition) is 1. The maximum atomic E-state index is 13.2. The zero-order valence-electron chi connectivity index (χ0n) is 9.29. The number of ether oxygens (including phenoxy) is 1. The molecular weight excluding hydrogens is 276 g/mol. The Morgan fingerprint density at radius 2 is 1.94 bits per heavy atom. The van der Waals surface area contributed by atoms with E-state index in [-0.39, 0.29) is 11.6 Å². The number of halogens is 3. The molecule has 0 aromatic heterocycles. The van der Waals surface area contributed by atoms with Crippen molar-refractivity contribution in [1.29, 1.82) is 0 Å². The molecule has 0 amide bonds. The van der Waals surface area contributed by atoms with Crippen molar-refractivity contribution < 1.29 is 9.13 Å². The first-order chi connectivity index (χ1) is 8.58. The van der Waals surface area contributed by atoms with Gasteiger partial charge in [0, 0.05) is 17.3 Å². The zero-order valence-corrected chi connectivity index (χ0v) is 10.8. The fourth-order valence-corrected chi connectivity index (χ4v) is 1.80. The molecule has 2 aromatic rings. The van der Waals surface area contributed by atoms with Gasteiger partial charge in [-0.2, -0.15) is 0 Å². The van der Waals surface area contributed by atoms with Crippen LogP contribution in [0, 0.1) is 5.82 Å². The van der Waals surface area contributed by atoms with E-state index in [2.05, 4.69) is 0 Å². The molecule has 2 nitrogen and oxygen atoms in total. The van der Waals surface area contributed by atoms with Crippen molar-refractivity contribution in [2.45, 2.75) is 6.61 Å². The Bertz CT molecular complexity index is 573. The predicted molar refractivity (Wildman–Crippen MR) is 71.6 cm³/mol. The Morgan fingerprint density at radius 1 is 1.17 bits per heavy atom. The van der Waals surface area contributed by atoms with Gasteiger partial charge in [-0.05, 0) is 18.2 Å². The van der Waals surface area contributed by atoms with Crippen molar-refractivity contribution in [3.8, 4) is 5.75 Å². The van der Waals surface area contributed by atoms with E-state index < -0.39 is 5.82 Å². The summed E-state index contributed by atoms with van der Waals surface area (Å²) in [4.78, 5) is 0. The lowest BCUT2D eigenvalue weighted by Crippen LogP contribution is -1.98. The van der Waals surface area contributed by atoms with E-state index in [4.69, 9.17) is 33.7 Å². The second-order valence-electron chi connectivity index (χ2n) is 3.69. The van der Waals surface area contributed by atoms with Crippen molar-refractivity contribution in [2.75, 3.05) is 5.73 Å². The number of nitrogen functional groups attached to an aromatic ring is 1. The Morgan fingerprint density at radius 3 is 2.72 bits per heavy atom. The van der Waals surface area contributed by atoms with Crippen LogP contribution in [0.4, 0.5) is 10.1 Å². The molecule has 2 rings (SSSR count). The van der Waals surface area contributed by atoms with E-state index in [1.54, 1.807) is 30.3 Å². The number of rotatable bonds is 3. The first kappa shape index (κ1) is 13.0. The van der Waals surface area contributed by atoms with Gasteiger partial charge in [-0.25, -0.2) is 4.39 Å². The highest BCUT2D eigenvalue weighted by atomic mass is 35.5. The molecule has 0 aliphatic heterocycles. The molecule has 0 aliphatic carbocycles. The van der Waals surface area contributed by atoms with Gasteiger partial charge in [-0.15, -0.1) is 0 Å². The normalized spacial score (nSPS) is 10.4. The molecule has 2 aromatic carbocycles. The number of benzene rings is 2.